The minimum Gasteiger partial charge on any atom is -0.480 e. The van der Waals surface area contributed by atoms with E-state index in [9.17, 15) is 9.59 Å². The third kappa shape index (κ3) is 1.98. The van der Waals surface area contributed by atoms with Gasteiger partial charge in [0.1, 0.15) is 6.04 Å². The van der Waals surface area contributed by atoms with Gasteiger partial charge in [0.05, 0.1) is 0 Å². The molecule has 1 aromatic heterocycles. The highest BCUT2D eigenvalue weighted by Crippen LogP contribution is 2.26. The van der Waals surface area contributed by atoms with Crippen molar-refractivity contribution in [2.24, 2.45) is 0 Å². The number of hydrogen-bond donors (Lipinski definition) is 1. The summed E-state index contributed by atoms with van der Waals surface area (Å²) in [7, 11) is 0. The van der Waals surface area contributed by atoms with Crippen LogP contribution in [0.2, 0.25) is 0 Å². The molecular weight excluding hydrogens is 286 g/mol. The molecular formula is C12H10BrNO3. The molecule has 4 nitrogen and oxygen atoms in total. The van der Waals surface area contributed by atoms with E-state index < -0.39 is 12.0 Å². The van der Waals surface area contributed by atoms with Gasteiger partial charge in [0.15, 0.2) is 6.29 Å². The monoisotopic (exact) mass is 295 g/mol. The van der Waals surface area contributed by atoms with Gasteiger partial charge in [0, 0.05) is 27.1 Å². The number of carboxylic acids is 1. The molecule has 0 aliphatic rings. The Morgan fingerprint density at radius 1 is 1.53 bits per heavy atom. The predicted molar refractivity (Wildman–Crippen MR) is 67.4 cm³/mol. The largest absolute Gasteiger partial charge is 0.480 e. The van der Waals surface area contributed by atoms with E-state index in [4.69, 9.17) is 5.11 Å². The van der Waals surface area contributed by atoms with Crippen LogP contribution in [0.1, 0.15) is 23.3 Å². The van der Waals surface area contributed by atoms with Gasteiger partial charge in [0.25, 0.3) is 0 Å². The fourth-order valence-electron chi connectivity index (χ4n) is 1.79. The fourth-order valence-corrected chi connectivity index (χ4v) is 2.15. The van der Waals surface area contributed by atoms with Crippen LogP contribution in [0.4, 0.5) is 0 Å². The van der Waals surface area contributed by atoms with Crippen molar-refractivity contribution in [2.75, 3.05) is 0 Å². The van der Waals surface area contributed by atoms with Gasteiger partial charge >= 0.3 is 5.97 Å². The summed E-state index contributed by atoms with van der Waals surface area (Å²) in [6, 6.07) is 4.73. The number of carbonyl (C=O) groups is 2. The first kappa shape index (κ1) is 11.9. The minimum atomic E-state index is -0.928. The molecule has 88 valence electrons. The van der Waals surface area contributed by atoms with Gasteiger partial charge in [-0.1, -0.05) is 15.9 Å². The number of carboxylic acid groups (broad SMARTS) is 1. The quantitative estimate of drug-likeness (QED) is 0.886. The second-order valence-corrected chi connectivity index (χ2v) is 4.70. The number of aliphatic carboxylic acids is 1. The number of carbonyl (C=O) groups excluding carboxylic acids is 1. The second kappa shape index (κ2) is 4.33. The van der Waals surface area contributed by atoms with Crippen molar-refractivity contribution in [1.29, 1.82) is 0 Å². The molecule has 0 bridgehead atoms. The van der Waals surface area contributed by atoms with Gasteiger partial charge in [-0.05, 0) is 25.1 Å². The van der Waals surface area contributed by atoms with Crippen molar-refractivity contribution >= 4 is 39.1 Å². The maximum atomic E-state index is 11.0. The van der Waals surface area contributed by atoms with Crippen LogP contribution in [-0.4, -0.2) is 21.9 Å². The summed E-state index contributed by atoms with van der Waals surface area (Å²) in [6.45, 7) is 1.58. The first-order valence-electron chi connectivity index (χ1n) is 5.02. The fraction of sp³-hybridized carbons (Fsp3) is 0.167. The second-order valence-electron chi connectivity index (χ2n) is 3.79. The molecule has 17 heavy (non-hydrogen) atoms. The lowest BCUT2D eigenvalue weighted by molar-refractivity contribution is -0.140. The maximum Gasteiger partial charge on any atom is 0.326 e. The van der Waals surface area contributed by atoms with Crippen molar-refractivity contribution < 1.29 is 14.7 Å². The van der Waals surface area contributed by atoms with Crippen LogP contribution in [-0.2, 0) is 4.79 Å². The lowest BCUT2D eigenvalue weighted by atomic mass is 10.2. The van der Waals surface area contributed by atoms with E-state index in [1.54, 1.807) is 23.8 Å². The smallest absolute Gasteiger partial charge is 0.326 e. The lowest BCUT2D eigenvalue weighted by Gasteiger charge is -2.09. The highest BCUT2D eigenvalue weighted by atomic mass is 79.9. The maximum absolute atomic E-state index is 11.0. The molecule has 2 rings (SSSR count). The molecule has 1 unspecified atom stereocenters. The van der Waals surface area contributed by atoms with E-state index >= 15 is 0 Å². The Bertz CT molecular complexity index is 603. The summed E-state index contributed by atoms with van der Waals surface area (Å²) in [6.07, 6.45) is 2.31. The molecule has 0 spiro atoms. The molecule has 0 aliphatic carbocycles. The first-order chi connectivity index (χ1) is 8.04. The number of aromatic nitrogens is 1. The Balaban J connectivity index is 2.73. The van der Waals surface area contributed by atoms with Crippen LogP contribution >= 0.6 is 15.9 Å². The van der Waals surface area contributed by atoms with Crippen LogP contribution in [0.3, 0.4) is 0 Å². The third-order valence-electron chi connectivity index (χ3n) is 2.73. The first-order valence-corrected chi connectivity index (χ1v) is 5.82. The normalized spacial score (nSPS) is 12.6. The molecule has 0 fully saturated rings. The van der Waals surface area contributed by atoms with Crippen molar-refractivity contribution in [3.63, 3.8) is 0 Å². The number of nitrogens with zero attached hydrogens (tertiary/aromatic N) is 1. The molecule has 1 N–H and O–H groups in total. The molecule has 0 radical (unpaired) electrons. The van der Waals surface area contributed by atoms with Gasteiger partial charge < -0.3 is 9.67 Å². The van der Waals surface area contributed by atoms with Crippen LogP contribution in [0.15, 0.2) is 28.9 Å². The van der Waals surface area contributed by atoms with E-state index in [1.165, 1.54) is 0 Å². The highest BCUT2D eigenvalue weighted by Gasteiger charge is 2.17. The Kier molecular flexibility index (Phi) is 3.02. The molecule has 2 aromatic rings. The Morgan fingerprint density at radius 2 is 2.24 bits per heavy atom. The third-order valence-corrected chi connectivity index (χ3v) is 3.22. The molecule has 5 heteroatoms. The topological polar surface area (TPSA) is 59.3 Å². The Labute approximate surface area is 106 Å². The molecule has 1 aromatic carbocycles. The standard InChI is InChI=1S/C12H10BrNO3/c1-7(12(16)17)14-5-8(6-15)10-4-9(13)2-3-11(10)14/h2-7H,1H3,(H,16,17). The predicted octanol–water partition coefficient (Wildman–Crippen LogP) is 2.86. The number of hydrogen-bond acceptors (Lipinski definition) is 2. The Hall–Kier alpha value is -1.62. The summed E-state index contributed by atoms with van der Waals surface area (Å²) in [5.74, 6) is -0.928. The minimum absolute atomic E-state index is 0.495. The highest BCUT2D eigenvalue weighted by molar-refractivity contribution is 9.10. The molecule has 0 saturated heterocycles. The van der Waals surface area contributed by atoms with E-state index in [0.29, 0.717) is 5.56 Å². The summed E-state index contributed by atoms with van der Waals surface area (Å²) in [5, 5.41) is 9.77. The summed E-state index contributed by atoms with van der Waals surface area (Å²) in [5.41, 5.74) is 1.24. The van der Waals surface area contributed by atoms with Crippen LogP contribution in [0.5, 0.6) is 0 Å². The molecule has 1 heterocycles. The molecule has 0 aliphatic heterocycles. The lowest BCUT2D eigenvalue weighted by Crippen LogP contribution is -2.14. The summed E-state index contributed by atoms with van der Waals surface area (Å²) >= 11 is 3.33. The zero-order chi connectivity index (χ0) is 12.6. The zero-order valence-corrected chi connectivity index (χ0v) is 10.6. The number of rotatable bonds is 3. The van der Waals surface area contributed by atoms with E-state index in [0.717, 1.165) is 21.7 Å². The molecule has 0 amide bonds. The van der Waals surface area contributed by atoms with Crippen molar-refractivity contribution in [2.45, 2.75) is 13.0 Å². The van der Waals surface area contributed by atoms with Gasteiger partial charge in [0.2, 0.25) is 0 Å². The zero-order valence-electron chi connectivity index (χ0n) is 9.05. The van der Waals surface area contributed by atoms with E-state index in [2.05, 4.69) is 15.9 Å². The summed E-state index contributed by atoms with van der Waals surface area (Å²) in [4.78, 5) is 22.0. The van der Waals surface area contributed by atoms with Crippen LogP contribution < -0.4 is 0 Å². The summed E-state index contributed by atoms with van der Waals surface area (Å²) < 4.78 is 2.45. The molecule has 1 atom stereocenters. The average Bonchev–Trinajstić information content (AvgIpc) is 2.65. The van der Waals surface area contributed by atoms with Crippen LogP contribution in [0.25, 0.3) is 10.9 Å². The van der Waals surface area contributed by atoms with Crippen LogP contribution in [0, 0.1) is 0 Å². The molecule has 0 saturated carbocycles. The van der Waals surface area contributed by atoms with Gasteiger partial charge in [-0.15, -0.1) is 0 Å². The number of halogens is 1. The van der Waals surface area contributed by atoms with Crippen molar-refractivity contribution in [1.82, 2.24) is 4.57 Å². The number of fused-ring (bicyclic) bond motifs is 1. The van der Waals surface area contributed by atoms with Crippen molar-refractivity contribution in [3.05, 3.63) is 34.4 Å². The Morgan fingerprint density at radius 3 is 2.82 bits per heavy atom. The SMILES string of the molecule is CC(C(=O)O)n1cc(C=O)c2cc(Br)ccc21. The average molecular weight is 296 g/mol. The van der Waals surface area contributed by atoms with Crippen molar-refractivity contribution in [3.8, 4) is 0 Å². The van der Waals surface area contributed by atoms with Gasteiger partial charge in [-0.3, -0.25) is 4.79 Å². The van der Waals surface area contributed by atoms with E-state index in [1.807, 2.05) is 12.1 Å². The number of aldehydes is 1. The number of benzene rings is 1. The van der Waals surface area contributed by atoms with E-state index in [-0.39, 0.29) is 0 Å². The van der Waals surface area contributed by atoms with Gasteiger partial charge in [-0.25, -0.2) is 4.79 Å². The van der Waals surface area contributed by atoms with Gasteiger partial charge in [-0.2, -0.15) is 0 Å².